The van der Waals surface area contributed by atoms with Gasteiger partial charge in [-0.15, -0.1) is 5.10 Å². The van der Waals surface area contributed by atoms with Gasteiger partial charge in [0.25, 0.3) is 0 Å². The number of rotatable bonds is 3. The van der Waals surface area contributed by atoms with Crippen LogP contribution in [0.3, 0.4) is 0 Å². The molecule has 6 heteroatoms. The minimum Gasteiger partial charge on any atom is -0.494 e. The molecule has 0 aliphatic heterocycles. The van der Waals surface area contributed by atoms with Crippen molar-refractivity contribution >= 4 is 16.6 Å². The highest BCUT2D eigenvalue weighted by molar-refractivity contribution is 5.84. The molecule has 92 valence electrons. The molecule has 2 heterocycles. The Balaban J connectivity index is 2.32. The molecule has 0 bridgehead atoms. The average molecular weight is 244 g/mol. The molecule has 1 aromatic carbocycles. The van der Waals surface area contributed by atoms with Gasteiger partial charge in [-0.25, -0.2) is 0 Å². The van der Waals surface area contributed by atoms with Crippen LogP contribution in [-0.2, 0) is 6.61 Å². The lowest BCUT2D eigenvalue weighted by molar-refractivity contribution is 0.283. The highest BCUT2D eigenvalue weighted by Crippen LogP contribution is 2.23. The summed E-state index contributed by atoms with van der Waals surface area (Å²) in [5.41, 5.74) is 2.16. The Bertz CT molecular complexity index is 708. The highest BCUT2D eigenvalue weighted by Gasteiger charge is 2.09. The predicted octanol–water partition coefficient (Wildman–Crippen LogP) is 1.17. The molecule has 3 aromatic rings. The average Bonchev–Trinajstić information content (AvgIpc) is 2.87. The Hall–Kier alpha value is -2.21. The van der Waals surface area contributed by atoms with Crippen LogP contribution in [0, 0.1) is 0 Å². The van der Waals surface area contributed by atoms with Gasteiger partial charge >= 0.3 is 0 Å². The van der Waals surface area contributed by atoms with Gasteiger partial charge < -0.3 is 9.84 Å². The monoisotopic (exact) mass is 244 g/mol. The van der Waals surface area contributed by atoms with E-state index in [1.807, 2.05) is 31.2 Å². The molecule has 0 radical (unpaired) electrons. The SMILES string of the molecule is CCOc1ccc2c(c1)cc(CO)c1nnnn12. The molecule has 0 atom stereocenters. The van der Waals surface area contributed by atoms with Crippen LogP contribution < -0.4 is 4.74 Å². The van der Waals surface area contributed by atoms with Gasteiger partial charge in [0.2, 0.25) is 0 Å². The lowest BCUT2D eigenvalue weighted by atomic mass is 10.1. The van der Waals surface area contributed by atoms with Gasteiger partial charge in [-0.05, 0) is 41.6 Å². The molecule has 0 fully saturated rings. The van der Waals surface area contributed by atoms with Crippen LogP contribution >= 0.6 is 0 Å². The maximum Gasteiger partial charge on any atom is 0.185 e. The minimum absolute atomic E-state index is 0.0985. The van der Waals surface area contributed by atoms with E-state index in [1.54, 1.807) is 4.52 Å². The fraction of sp³-hybridized carbons (Fsp3) is 0.250. The molecule has 0 unspecified atom stereocenters. The summed E-state index contributed by atoms with van der Waals surface area (Å²) in [5.74, 6) is 0.793. The number of hydrogen-bond donors (Lipinski definition) is 1. The van der Waals surface area contributed by atoms with Crippen molar-refractivity contribution in [3.8, 4) is 5.75 Å². The van der Waals surface area contributed by atoms with Gasteiger partial charge in [0.1, 0.15) is 5.75 Å². The van der Waals surface area contributed by atoms with E-state index in [2.05, 4.69) is 15.5 Å². The first-order chi connectivity index (χ1) is 8.83. The summed E-state index contributed by atoms with van der Waals surface area (Å²) >= 11 is 0. The number of pyridine rings is 1. The molecule has 0 saturated heterocycles. The second-order valence-corrected chi connectivity index (χ2v) is 3.90. The van der Waals surface area contributed by atoms with Gasteiger partial charge in [0, 0.05) is 10.9 Å². The van der Waals surface area contributed by atoms with Gasteiger partial charge in [0.15, 0.2) is 5.65 Å². The number of ether oxygens (including phenoxy) is 1. The van der Waals surface area contributed by atoms with E-state index in [1.165, 1.54) is 0 Å². The molecule has 1 N–H and O–H groups in total. The zero-order chi connectivity index (χ0) is 12.5. The van der Waals surface area contributed by atoms with Crippen LogP contribution in [0.25, 0.3) is 16.6 Å². The van der Waals surface area contributed by atoms with Crippen molar-refractivity contribution in [1.82, 2.24) is 20.0 Å². The van der Waals surface area contributed by atoms with Crippen molar-refractivity contribution in [2.75, 3.05) is 6.61 Å². The van der Waals surface area contributed by atoms with Crippen LogP contribution in [0.5, 0.6) is 5.75 Å². The van der Waals surface area contributed by atoms with E-state index in [-0.39, 0.29) is 6.61 Å². The molecular weight excluding hydrogens is 232 g/mol. The number of tetrazole rings is 1. The van der Waals surface area contributed by atoms with E-state index < -0.39 is 0 Å². The Morgan fingerprint density at radius 2 is 2.22 bits per heavy atom. The zero-order valence-corrected chi connectivity index (χ0v) is 9.87. The normalized spacial score (nSPS) is 11.2. The van der Waals surface area contributed by atoms with E-state index in [9.17, 15) is 5.11 Å². The number of fused-ring (bicyclic) bond motifs is 3. The van der Waals surface area contributed by atoms with Crippen LogP contribution in [0.1, 0.15) is 12.5 Å². The van der Waals surface area contributed by atoms with Crippen LogP contribution in [-0.4, -0.2) is 31.8 Å². The fourth-order valence-corrected chi connectivity index (χ4v) is 2.02. The maximum atomic E-state index is 9.35. The molecule has 3 rings (SSSR count). The molecular formula is C12H12N4O2. The lowest BCUT2D eigenvalue weighted by Gasteiger charge is -2.07. The summed E-state index contributed by atoms with van der Waals surface area (Å²) in [7, 11) is 0. The Kier molecular flexibility index (Phi) is 2.56. The number of nitrogens with zero attached hydrogens (tertiary/aromatic N) is 4. The largest absolute Gasteiger partial charge is 0.494 e. The number of aliphatic hydroxyl groups excluding tert-OH is 1. The highest BCUT2D eigenvalue weighted by atomic mass is 16.5. The summed E-state index contributed by atoms with van der Waals surface area (Å²) < 4.78 is 7.08. The van der Waals surface area contributed by atoms with Gasteiger partial charge in [0.05, 0.1) is 18.7 Å². The number of aliphatic hydroxyl groups is 1. The molecule has 18 heavy (non-hydrogen) atoms. The van der Waals surface area contributed by atoms with Crippen molar-refractivity contribution in [1.29, 1.82) is 0 Å². The van der Waals surface area contributed by atoms with Gasteiger partial charge in [-0.1, -0.05) is 0 Å². The third kappa shape index (κ3) is 1.58. The molecule has 6 nitrogen and oxygen atoms in total. The molecule has 0 spiro atoms. The smallest absolute Gasteiger partial charge is 0.185 e. The molecule has 0 saturated carbocycles. The first-order valence-corrected chi connectivity index (χ1v) is 5.71. The van der Waals surface area contributed by atoms with Crippen LogP contribution in [0.15, 0.2) is 24.3 Å². The molecule has 2 aromatic heterocycles. The topological polar surface area (TPSA) is 72.5 Å². The third-order valence-electron chi connectivity index (χ3n) is 2.79. The summed E-state index contributed by atoms with van der Waals surface area (Å²) in [6.45, 7) is 2.46. The van der Waals surface area contributed by atoms with Crippen LogP contribution in [0.4, 0.5) is 0 Å². The Morgan fingerprint density at radius 1 is 1.33 bits per heavy atom. The summed E-state index contributed by atoms with van der Waals surface area (Å²) in [5, 5.41) is 21.8. The first kappa shape index (κ1) is 10.9. The van der Waals surface area contributed by atoms with E-state index in [0.717, 1.165) is 16.7 Å². The third-order valence-corrected chi connectivity index (χ3v) is 2.79. The molecule has 0 amide bonds. The quantitative estimate of drug-likeness (QED) is 0.748. The van der Waals surface area contributed by atoms with Crippen molar-refractivity contribution in [2.24, 2.45) is 0 Å². The van der Waals surface area contributed by atoms with Crippen molar-refractivity contribution in [3.05, 3.63) is 29.8 Å². The van der Waals surface area contributed by atoms with Crippen molar-refractivity contribution in [2.45, 2.75) is 13.5 Å². The summed E-state index contributed by atoms with van der Waals surface area (Å²) in [6, 6.07) is 7.58. The van der Waals surface area contributed by atoms with E-state index in [0.29, 0.717) is 17.8 Å². The Labute approximate surface area is 103 Å². The van der Waals surface area contributed by atoms with E-state index in [4.69, 9.17) is 4.74 Å². The van der Waals surface area contributed by atoms with Crippen molar-refractivity contribution in [3.63, 3.8) is 0 Å². The lowest BCUT2D eigenvalue weighted by Crippen LogP contribution is -1.97. The number of aromatic nitrogens is 4. The maximum absolute atomic E-state index is 9.35. The van der Waals surface area contributed by atoms with Crippen LogP contribution in [0.2, 0.25) is 0 Å². The van der Waals surface area contributed by atoms with Crippen molar-refractivity contribution < 1.29 is 9.84 Å². The number of hydrogen-bond acceptors (Lipinski definition) is 5. The first-order valence-electron chi connectivity index (χ1n) is 5.71. The van der Waals surface area contributed by atoms with Gasteiger partial charge in [-0.2, -0.15) is 4.52 Å². The number of benzene rings is 1. The second kappa shape index (κ2) is 4.23. The Morgan fingerprint density at radius 3 is 3.00 bits per heavy atom. The van der Waals surface area contributed by atoms with Gasteiger partial charge in [-0.3, -0.25) is 0 Å². The fourth-order valence-electron chi connectivity index (χ4n) is 2.02. The van der Waals surface area contributed by atoms with E-state index >= 15 is 0 Å². The molecule has 0 aliphatic rings. The summed E-state index contributed by atoms with van der Waals surface area (Å²) in [4.78, 5) is 0. The predicted molar refractivity (Wildman–Crippen MR) is 65.4 cm³/mol. The zero-order valence-electron chi connectivity index (χ0n) is 9.87. The second-order valence-electron chi connectivity index (χ2n) is 3.90. The standard InChI is InChI=1S/C12H12N4O2/c1-2-18-10-3-4-11-8(6-10)5-9(7-17)12-13-14-15-16(11)12/h3-6,17H,2,7H2,1H3. The minimum atomic E-state index is -0.0985. The summed E-state index contributed by atoms with van der Waals surface area (Å²) in [6.07, 6.45) is 0. The molecule has 0 aliphatic carbocycles.